The predicted octanol–water partition coefficient (Wildman–Crippen LogP) is 0.532. The van der Waals surface area contributed by atoms with E-state index < -0.39 is 0 Å². The average Bonchev–Trinajstić information content (AvgIpc) is 2.80. The van der Waals surface area contributed by atoms with E-state index in [1.165, 1.54) is 0 Å². The third-order valence-electron chi connectivity index (χ3n) is 3.43. The second kappa shape index (κ2) is 7.04. The Morgan fingerprint density at radius 2 is 2.18 bits per heavy atom. The van der Waals surface area contributed by atoms with Crippen molar-refractivity contribution in [3.05, 3.63) is 29.8 Å². The highest BCUT2D eigenvalue weighted by molar-refractivity contribution is 6.01. The van der Waals surface area contributed by atoms with Gasteiger partial charge < -0.3 is 16.0 Å². The fraction of sp³-hybridized carbons (Fsp3) is 0.400. The Kier molecular flexibility index (Phi) is 5.11. The summed E-state index contributed by atoms with van der Waals surface area (Å²) < 4.78 is 0. The lowest BCUT2D eigenvalue weighted by Gasteiger charge is -2.15. The standard InChI is InChI=1S/C15H20N4O3/c1-10(7-16-2)14(21)18-12-5-3-4-11(6-12)9-19-13(20)8-17-15(19)22/h3-6,10,16H,7-9H2,1-2H3,(H,17,22)(H,18,21). The van der Waals surface area contributed by atoms with E-state index in [1.807, 2.05) is 13.0 Å². The maximum atomic E-state index is 12.0. The van der Waals surface area contributed by atoms with Crippen LogP contribution < -0.4 is 16.0 Å². The van der Waals surface area contributed by atoms with Gasteiger partial charge in [0.15, 0.2) is 0 Å². The van der Waals surface area contributed by atoms with Gasteiger partial charge in [-0.25, -0.2) is 4.79 Å². The number of amides is 4. The first-order valence-corrected chi connectivity index (χ1v) is 7.14. The number of nitrogens with zero attached hydrogens (tertiary/aromatic N) is 1. The van der Waals surface area contributed by atoms with Gasteiger partial charge in [0.05, 0.1) is 13.1 Å². The molecule has 1 heterocycles. The predicted molar refractivity (Wildman–Crippen MR) is 82.1 cm³/mol. The summed E-state index contributed by atoms with van der Waals surface area (Å²) in [5.41, 5.74) is 1.43. The van der Waals surface area contributed by atoms with Crippen molar-refractivity contribution in [2.75, 3.05) is 25.5 Å². The molecule has 3 N–H and O–H groups in total. The van der Waals surface area contributed by atoms with Crippen LogP contribution in [-0.2, 0) is 16.1 Å². The summed E-state index contributed by atoms with van der Waals surface area (Å²) in [4.78, 5) is 36.2. The fourth-order valence-corrected chi connectivity index (χ4v) is 2.21. The maximum Gasteiger partial charge on any atom is 0.324 e. The van der Waals surface area contributed by atoms with E-state index >= 15 is 0 Å². The van der Waals surface area contributed by atoms with Crippen molar-refractivity contribution < 1.29 is 14.4 Å². The topological polar surface area (TPSA) is 90.5 Å². The highest BCUT2D eigenvalue weighted by Gasteiger charge is 2.28. The van der Waals surface area contributed by atoms with Gasteiger partial charge in [-0.1, -0.05) is 19.1 Å². The van der Waals surface area contributed by atoms with Gasteiger partial charge in [0, 0.05) is 18.2 Å². The molecule has 0 spiro atoms. The largest absolute Gasteiger partial charge is 0.329 e. The molecule has 0 radical (unpaired) electrons. The molecular formula is C15H20N4O3. The smallest absolute Gasteiger partial charge is 0.324 e. The van der Waals surface area contributed by atoms with Crippen LogP contribution >= 0.6 is 0 Å². The number of rotatable bonds is 6. The zero-order valence-electron chi connectivity index (χ0n) is 12.7. The van der Waals surface area contributed by atoms with Crippen LogP contribution in [0.25, 0.3) is 0 Å². The van der Waals surface area contributed by atoms with Crippen molar-refractivity contribution in [3.63, 3.8) is 0 Å². The number of carbonyl (C=O) groups is 3. The van der Waals surface area contributed by atoms with E-state index in [4.69, 9.17) is 0 Å². The van der Waals surface area contributed by atoms with E-state index in [0.717, 1.165) is 10.5 Å². The fourth-order valence-electron chi connectivity index (χ4n) is 2.21. The van der Waals surface area contributed by atoms with Crippen LogP contribution in [-0.4, -0.2) is 42.9 Å². The molecule has 118 valence electrons. The third kappa shape index (κ3) is 3.82. The number of anilines is 1. The van der Waals surface area contributed by atoms with Crippen LogP contribution in [0.4, 0.5) is 10.5 Å². The number of hydrogen-bond donors (Lipinski definition) is 3. The minimum Gasteiger partial charge on any atom is -0.329 e. The van der Waals surface area contributed by atoms with Crippen LogP contribution in [0.3, 0.4) is 0 Å². The minimum atomic E-state index is -0.387. The van der Waals surface area contributed by atoms with Crippen molar-refractivity contribution in [1.29, 1.82) is 0 Å². The van der Waals surface area contributed by atoms with Crippen LogP contribution in [0.2, 0.25) is 0 Å². The highest BCUT2D eigenvalue weighted by atomic mass is 16.2. The van der Waals surface area contributed by atoms with Gasteiger partial charge in [0.1, 0.15) is 0 Å². The van der Waals surface area contributed by atoms with E-state index in [2.05, 4.69) is 16.0 Å². The lowest BCUT2D eigenvalue weighted by molar-refractivity contribution is -0.125. The molecule has 1 unspecified atom stereocenters. The molecule has 22 heavy (non-hydrogen) atoms. The van der Waals surface area contributed by atoms with Gasteiger partial charge in [0.2, 0.25) is 11.8 Å². The van der Waals surface area contributed by atoms with Crippen LogP contribution in [0.1, 0.15) is 12.5 Å². The zero-order chi connectivity index (χ0) is 16.1. The Hall–Kier alpha value is -2.41. The average molecular weight is 304 g/mol. The quantitative estimate of drug-likeness (QED) is 0.669. The Balaban J connectivity index is 2.02. The van der Waals surface area contributed by atoms with Crippen molar-refractivity contribution in [1.82, 2.24) is 15.5 Å². The lowest BCUT2D eigenvalue weighted by atomic mass is 10.1. The lowest BCUT2D eigenvalue weighted by Crippen LogP contribution is -2.30. The first-order chi connectivity index (χ1) is 10.5. The second-order valence-corrected chi connectivity index (χ2v) is 5.29. The van der Waals surface area contributed by atoms with Crippen molar-refractivity contribution in [3.8, 4) is 0 Å². The van der Waals surface area contributed by atoms with Gasteiger partial charge in [-0.05, 0) is 24.7 Å². The molecule has 1 saturated heterocycles. The van der Waals surface area contributed by atoms with Gasteiger partial charge in [-0.3, -0.25) is 14.5 Å². The summed E-state index contributed by atoms with van der Waals surface area (Å²) in [6, 6.07) is 6.75. The molecule has 0 aromatic heterocycles. The number of hydrogen-bond acceptors (Lipinski definition) is 4. The van der Waals surface area contributed by atoms with Crippen LogP contribution in [0, 0.1) is 5.92 Å². The summed E-state index contributed by atoms with van der Waals surface area (Å²) in [5.74, 6) is -0.483. The number of imide groups is 1. The van der Waals surface area contributed by atoms with Crippen molar-refractivity contribution in [2.24, 2.45) is 5.92 Å². The molecule has 0 bridgehead atoms. The monoisotopic (exact) mass is 304 g/mol. The molecule has 0 saturated carbocycles. The van der Waals surface area contributed by atoms with E-state index in [-0.39, 0.29) is 36.9 Å². The van der Waals surface area contributed by atoms with Crippen LogP contribution in [0.15, 0.2) is 24.3 Å². The SMILES string of the molecule is CNCC(C)C(=O)Nc1cccc(CN2C(=O)CNC2=O)c1. The Morgan fingerprint density at radius 1 is 1.41 bits per heavy atom. The molecule has 1 aromatic rings. The summed E-state index contributed by atoms with van der Waals surface area (Å²) >= 11 is 0. The van der Waals surface area contributed by atoms with Crippen molar-refractivity contribution >= 4 is 23.5 Å². The van der Waals surface area contributed by atoms with E-state index in [9.17, 15) is 14.4 Å². The molecule has 2 rings (SSSR count). The number of benzene rings is 1. The Labute approximate surface area is 129 Å². The van der Waals surface area contributed by atoms with Crippen LogP contribution in [0.5, 0.6) is 0 Å². The highest BCUT2D eigenvalue weighted by Crippen LogP contribution is 2.15. The second-order valence-electron chi connectivity index (χ2n) is 5.29. The first-order valence-electron chi connectivity index (χ1n) is 7.14. The summed E-state index contributed by atoms with van der Waals surface area (Å²) in [5, 5.41) is 8.26. The molecule has 4 amide bonds. The zero-order valence-corrected chi connectivity index (χ0v) is 12.7. The number of urea groups is 1. The maximum absolute atomic E-state index is 12.0. The molecule has 1 atom stereocenters. The number of carbonyl (C=O) groups excluding carboxylic acids is 3. The molecule has 1 aliphatic rings. The Morgan fingerprint density at radius 3 is 2.82 bits per heavy atom. The normalized spacial score (nSPS) is 15.6. The van der Waals surface area contributed by atoms with Gasteiger partial charge >= 0.3 is 6.03 Å². The molecule has 0 aliphatic carbocycles. The van der Waals surface area contributed by atoms with Crippen molar-refractivity contribution in [2.45, 2.75) is 13.5 Å². The molecule has 1 aromatic carbocycles. The van der Waals surface area contributed by atoms with Gasteiger partial charge in [-0.15, -0.1) is 0 Å². The molecule has 1 aliphatic heterocycles. The van der Waals surface area contributed by atoms with E-state index in [0.29, 0.717) is 12.2 Å². The third-order valence-corrected chi connectivity index (χ3v) is 3.43. The Bertz CT molecular complexity index is 572. The summed E-state index contributed by atoms with van der Waals surface area (Å²) in [6.45, 7) is 2.66. The molecule has 7 heteroatoms. The molecule has 1 fully saturated rings. The van der Waals surface area contributed by atoms with Gasteiger partial charge in [0.25, 0.3) is 0 Å². The van der Waals surface area contributed by atoms with Gasteiger partial charge in [-0.2, -0.15) is 0 Å². The van der Waals surface area contributed by atoms with E-state index in [1.54, 1.807) is 25.2 Å². The summed E-state index contributed by atoms with van der Waals surface area (Å²) in [6.07, 6.45) is 0. The number of nitrogens with one attached hydrogen (secondary N) is 3. The minimum absolute atomic E-state index is 0.0385. The molecule has 7 nitrogen and oxygen atoms in total. The first kappa shape index (κ1) is 16.0. The summed E-state index contributed by atoms with van der Waals surface area (Å²) in [7, 11) is 1.79. The molecular weight excluding hydrogens is 284 g/mol.